The van der Waals surface area contributed by atoms with Gasteiger partial charge in [-0.25, -0.2) is 9.78 Å². The number of nitrogens with one attached hydrogen (secondary N) is 1. The zero-order chi connectivity index (χ0) is 10.4. The van der Waals surface area contributed by atoms with Gasteiger partial charge in [0.2, 0.25) is 0 Å². The predicted octanol–water partition coefficient (Wildman–Crippen LogP) is 0.755. The zero-order valence-electron chi connectivity index (χ0n) is 7.73. The Balaban J connectivity index is 2.54. The van der Waals surface area contributed by atoms with E-state index >= 15 is 0 Å². The second-order valence-electron chi connectivity index (χ2n) is 2.57. The molecule has 76 valence electrons. The minimum absolute atomic E-state index is 0.221. The molecule has 0 aliphatic rings. The van der Waals surface area contributed by atoms with Gasteiger partial charge in [-0.1, -0.05) is 0 Å². The van der Waals surface area contributed by atoms with E-state index in [0.717, 1.165) is 5.69 Å². The highest BCUT2D eigenvalue weighted by atomic mass is 16.5. The molecule has 0 spiro atoms. The first-order chi connectivity index (χ1) is 6.72. The normalized spacial score (nSPS) is 9.79. The van der Waals surface area contributed by atoms with Gasteiger partial charge in [-0.15, -0.1) is 0 Å². The Bertz CT molecular complexity index is 299. The molecule has 0 unspecified atom stereocenters. The maximum Gasteiger partial charge on any atom is 0.410 e. The topological polar surface area (TPSA) is 84.3 Å². The molecule has 0 aromatic carbocycles. The second-order valence-corrected chi connectivity index (χ2v) is 2.57. The first-order valence-corrected chi connectivity index (χ1v) is 4.02. The number of hydrogen-bond donors (Lipinski definition) is 2. The van der Waals surface area contributed by atoms with Crippen molar-refractivity contribution in [2.75, 3.05) is 19.0 Å². The summed E-state index contributed by atoms with van der Waals surface area (Å²) in [6.07, 6.45) is 2.41. The molecule has 0 aliphatic carbocycles. The van der Waals surface area contributed by atoms with Gasteiger partial charge in [0.25, 0.3) is 0 Å². The van der Waals surface area contributed by atoms with Crippen LogP contribution in [0.4, 0.5) is 10.6 Å². The standard InChI is InChI=1S/C8H11N3O3/c1-14-3-2-6-4-10-7(5-9-6)11-8(12)13/h4-5H,2-3H2,1H3,(H,10,11)(H,12,13). The molecule has 14 heavy (non-hydrogen) atoms. The number of ether oxygens (including phenoxy) is 1. The number of aromatic nitrogens is 2. The van der Waals surface area contributed by atoms with E-state index in [4.69, 9.17) is 9.84 Å². The van der Waals surface area contributed by atoms with E-state index < -0.39 is 6.09 Å². The van der Waals surface area contributed by atoms with Crippen molar-refractivity contribution in [1.29, 1.82) is 0 Å². The minimum atomic E-state index is -1.15. The van der Waals surface area contributed by atoms with Crippen LogP contribution in [0.3, 0.4) is 0 Å². The number of hydrogen-bond acceptors (Lipinski definition) is 4. The van der Waals surface area contributed by atoms with Gasteiger partial charge in [0, 0.05) is 13.5 Å². The van der Waals surface area contributed by atoms with Gasteiger partial charge in [-0.2, -0.15) is 0 Å². The molecule has 0 saturated carbocycles. The fraction of sp³-hybridized carbons (Fsp3) is 0.375. The summed E-state index contributed by atoms with van der Waals surface area (Å²) in [5.41, 5.74) is 0.766. The molecule has 6 nitrogen and oxygen atoms in total. The van der Waals surface area contributed by atoms with Gasteiger partial charge in [0.15, 0.2) is 5.82 Å². The second kappa shape index (κ2) is 5.13. The maximum absolute atomic E-state index is 10.2. The van der Waals surface area contributed by atoms with Crippen LogP contribution in [0.2, 0.25) is 0 Å². The molecule has 6 heteroatoms. The number of nitrogens with zero attached hydrogens (tertiary/aromatic N) is 2. The molecular weight excluding hydrogens is 186 g/mol. The number of amides is 1. The molecular formula is C8H11N3O3. The van der Waals surface area contributed by atoms with Crippen LogP contribution < -0.4 is 5.32 Å². The number of anilines is 1. The molecule has 1 rings (SSSR count). The molecule has 1 amide bonds. The average Bonchev–Trinajstić information content (AvgIpc) is 2.16. The van der Waals surface area contributed by atoms with Gasteiger partial charge in [-0.05, 0) is 0 Å². The maximum atomic E-state index is 10.2. The summed E-state index contributed by atoms with van der Waals surface area (Å²) in [6.45, 7) is 0.570. The summed E-state index contributed by atoms with van der Waals surface area (Å²) in [7, 11) is 1.60. The van der Waals surface area contributed by atoms with E-state index in [1.165, 1.54) is 12.4 Å². The fourth-order valence-corrected chi connectivity index (χ4v) is 0.865. The summed E-state index contributed by atoms with van der Waals surface area (Å²) >= 11 is 0. The van der Waals surface area contributed by atoms with Crippen molar-refractivity contribution in [2.45, 2.75) is 6.42 Å². The monoisotopic (exact) mass is 197 g/mol. The van der Waals surface area contributed by atoms with E-state index in [1.54, 1.807) is 7.11 Å². The number of methoxy groups -OCH3 is 1. The van der Waals surface area contributed by atoms with Gasteiger partial charge < -0.3 is 9.84 Å². The summed E-state index contributed by atoms with van der Waals surface area (Å²) in [6, 6.07) is 0. The van der Waals surface area contributed by atoms with E-state index in [0.29, 0.717) is 13.0 Å². The molecule has 1 aromatic heterocycles. The van der Waals surface area contributed by atoms with Crippen LogP contribution in [-0.2, 0) is 11.2 Å². The molecule has 0 atom stereocenters. The Morgan fingerprint density at radius 1 is 1.57 bits per heavy atom. The Hall–Kier alpha value is -1.69. The van der Waals surface area contributed by atoms with Crippen molar-refractivity contribution in [3.63, 3.8) is 0 Å². The largest absolute Gasteiger partial charge is 0.465 e. The smallest absolute Gasteiger partial charge is 0.410 e. The molecule has 0 bridgehead atoms. The fourth-order valence-electron chi connectivity index (χ4n) is 0.865. The van der Waals surface area contributed by atoms with Crippen LogP contribution in [0.15, 0.2) is 12.4 Å². The van der Waals surface area contributed by atoms with Gasteiger partial charge in [-0.3, -0.25) is 10.3 Å². The number of carboxylic acid groups (broad SMARTS) is 1. The molecule has 2 N–H and O–H groups in total. The third-order valence-electron chi connectivity index (χ3n) is 1.50. The lowest BCUT2D eigenvalue weighted by molar-refractivity contribution is 0.201. The zero-order valence-corrected chi connectivity index (χ0v) is 7.73. The first-order valence-electron chi connectivity index (χ1n) is 4.02. The van der Waals surface area contributed by atoms with E-state index in [-0.39, 0.29) is 5.82 Å². The van der Waals surface area contributed by atoms with E-state index in [1.807, 2.05) is 0 Å². The number of rotatable bonds is 4. The molecule has 1 aromatic rings. The van der Waals surface area contributed by atoms with Crippen LogP contribution >= 0.6 is 0 Å². The van der Waals surface area contributed by atoms with Crippen LogP contribution in [0, 0.1) is 0 Å². The lowest BCUT2D eigenvalue weighted by Gasteiger charge is -2.01. The molecule has 0 aliphatic heterocycles. The first kappa shape index (κ1) is 10.4. The summed E-state index contributed by atoms with van der Waals surface area (Å²) in [5.74, 6) is 0.221. The van der Waals surface area contributed by atoms with Crippen molar-refractivity contribution in [3.8, 4) is 0 Å². The summed E-state index contributed by atoms with van der Waals surface area (Å²) < 4.78 is 4.86. The van der Waals surface area contributed by atoms with Crippen LogP contribution in [0.1, 0.15) is 5.69 Å². The molecule has 1 heterocycles. The van der Waals surface area contributed by atoms with E-state index in [2.05, 4.69) is 15.3 Å². The molecule has 0 fully saturated rings. The van der Waals surface area contributed by atoms with Crippen molar-refractivity contribution in [2.24, 2.45) is 0 Å². The highest BCUT2D eigenvalue weighted by molar-refractivity contribution is 5.80. The Labute approximate surface area is 80.9 Å². The average molecular weight is 197 g/mol. The quantitative estimate of drug-likeness (QED) is 0.744. The lowest BCUT2D eigenvalue weighted by atomic mass is 10.3. The highest BCUT2D eigenvalue weighted by Crippen LogP contribution is 2.01. The van der Waals surface area contributed by atoms with Gasteiger partial charge in [0.1, 0.15) is 0 Å². The van der Waals surface area contributed by atoms with E-state index in [9.17, 15) is 4.79 Å². The number of carbonyl (C=O) groups is 1. The van der Waals surface area contributed by atoms with Gasteiger partial charge in [0.05, 0.1) is 24.7 Å². The summed E-state index contributed by atoms with van der Waals surface area (Å²) in [5, 5.41) is 10.5. The van der Waals surface area contributed by atoms with Crippen molar-refractivity contribution in [3.05, 3.63) is 18.1 Å². The third-order valence-corrected chi connectivity index (χ3v) is 1.50. The Morgan fingerprint density at radius 2 is 2.36 bits per heavy atom. The Kier molecular flexibility index (Phi) is 3.81. The van der Waals surface area contributed by atoms with Crippen molar-refractivity contribution < 1.29 is 14.6 Å². The third kappa shape index (κ3) is 3.36. The SMILES string of the molecule is COCCc1cnc(NC(=O)O)cn1. The predicted molar refractivity (Wildman–Crippen MR) is 49.3 cm³/mol. The Morgan fingerprint density at radius 3 is 2.86 bits per heavy atom. The van der Waals surface area contributed by atoms with Crippen LogP contribution in [0.5, 0.6) is 0 Å². The summed E-state index contributed by atoms with van der Waals surface area (Å²) in [4.78, 5) is 18.1. The van der Waals surface area contributed by atoms with Gasteiger partial charge >= 0.3 is 6.09 Å². The molecule has 0 saturated heterocycles. The van der Waals surface area contributed by atoms with Crippen LogP contribution in [0.25, 0.3) is 0 Å². The lowest BCUT2D eigenvalue weighted by Crippen LogP contribution is -2.09. The van der Waals surface area contributed by atoms with Crippen molar-refractivity contribution >= 4 is 11.9 Å². The highest BCUT2D eigenvalue weighted by Gasteiger charge is 2.00. The minimum Gasteiger partial charge on any atom is -0.465 e. The molecule has 0 radical (unpaired) electrons. The van der Waals surface area contributed by atoms with Crippen molar-refractivity contribution in [1.82, 2.24) is 9.97 Å². The van der Waals surface area contributed by atoms with Crippen LogP contribution in [-0.4, -0.2) is 34.9 Å².